The van der Waals surface area contributed by atoms with Gasteiger partial charge in [-0.3, -0.25) is 5.10 Å². The number of aromatic amines is 1. The molecule has 1 atom stereocenters. The summed E-state index contributed by atoms with van der Waals surface area (Å²) in [7, 11) is 0. The highest BCUT2D eigenvalue weighted by Gasteiger charge is 2.22. The number of hydrogen-bond donors (Lipinski definition) is 2. The molecule has 114 valence electrons. The zero-order valence-electron chi connectivity index (χ0n) is 11.8. The number of hydrogen-bond acceptors (Lipinski definition) is 2. The molecule has 3 heterocycles. The maximum absolute atomic E-state index is 10.1. The Bertz CT molecular complexity index is 839. The van der Waals surface area contributed by atoms with E-state index in [0.29, 0.717) is 16.6 Å². The van der Waals surface area contributed by atoms with Crippen LogP contribution in [0, 0.1) is 0 Å². The van der Waals surface area contributed by atoms with Gasteiger partial charge in [0.1, 0.15) is 0 Å². The Labute approximate surface area is 137 Å². The van der Waals surface area contributed by atoms with Crippen LogP contribution in [0.2, 0.25) is 10.0 Å². The summed E-state index contributed by atoms with van der Waals surface area (Å²) in [5, 5.41) is 19.1. The predicted octanol–water partition coefficient (Wildman–Crippen LogP) is 4.04. The molecule has 1 unspecified atom stereocenters. The number of benzene rings is 1. The van der Waals surface area contributed by atoms with Crippen LogP contribution in [-0.2, 0) is 13.0 Å². The molecule has 22 heavy (non-hydrogen) atoms. The monoisotopic (exact) mass is 335 g/mol. The predicted molar refractivity (Wildman–Crippen MR) is 88.5 cm³/mol. The van der Waals surface area contributed by atoms with Crippen LogP contribution in [0.5, 0.6) is 0 Å². The van der Waals surface area contributed by atoms with Crippen molar-refractivity contribution in [3.8, 4) is 11.1 Å². The lowest BCUT2D eigenvalue weighted by Gasteiger charge is -2.13. The number of halogens is 2. The van der Waals surface area contributed by atoms with E-state index in [4.69, 9.17) is 23.2 Å². The SMILES string of the molecule is OC1CCCc2cc3c(-c4cn[nH]c4)cc(Cl)c(Cl)c3n2C1. The molecule has 4 nitrogen and oxygen atoms in total. The molecule has 1 aliphatic rings. The van der Waals surface area contributed by atoms with Crippen molar-refractivity contribution >= 4 is 34.1 Å². The zero-order chi connectivity index (χ0) is 15.3. The lowest BCUT2D eigenvalue weighted by atomic mass is 10.0. The summed E-state index contributed by atoms with van der Waals surface area (Å²) in [5.41, 5.74) is 4.08. The molecule has 0 saturated heterocycles. The van der Waals surface area contributed by atoms with E-state index in [2.05, 4.69) is 20.8 Å². The van der Waals surface area contributed by atoms with Crippen molar-refractivity contribution in [1.29, 1.82) is 0 Å². The number of nitrogens with zero attached hydrogens (tertiary/aromatic N) is 2. The van der Waals surface area contributed by atoms with Gasteiger partial charge in [0.2, 0.25) is 0 Å². The van der Waals surface area contributed by atoms with E-state index < -0.39 is 0 Å². The van der Waals surface area contributed by atoms with E-state index in [9.17, 15) is 5.11 Å². The molecule has 1 aliphatic heterocycles. The summed E-state index contributed by atoms with van der Waals surface area (Å²) in [6.45, 7) is 0.559. The standard InChI is InChI=1S/C16H15Cl2N3O/c17-14-5-12(9-6-19-20-7-9)13-4-10-2-1-3-11(22)8-21(10)16(13)15(14)18/h4-7,11,22H,1-3,8H2,(H,19,20). The molecular weight excluding hydrogens is 321 g/mol. The van der Waals surface area contributed by atoms with Crippen LogP contribution < -0.4 is 0 Å². The van der Waals surface area contributed by atoms with Gasteiger partial charge >= 0.3 is 0 Å². The Hall–Kier alpha value is -1.49. The molecule has 0 bridgehead atoms. The highest BCUT2D eigenvalue weighted by atomic mass is 35.5. The summed E-state index contributed by atoms with van der Waals surface area (Å²) >= 11 is 12.8. The first kappa shape index (κ1) is 14.1. The number of aryl methyl sites for hydroxylation is 1. The van der Waals surface area contributed by atoms with Gasteiger partial charge in [-0.1, -0.05) is 23.2 Å². The smallest absolute Gasteiger partial charge is 0.0835 e. The van der Waals surface area contributed by atoms with Crippen molar-refractivity contribution in [2.75, 3.05) is 0 Å². The van der Waals surface area contributed by atoms with E-state index in [0.717, 1.165) is 41.3 Å². The van der Waals surface area contributed by atoms with Crippen LogP contribution >= 0.6 is 23.2 Å². The quantitative estimate of drug-likeness (QED) is 0.705. The third kappa shape index (κ3) is 2.14. The minimum atomic E-state index is -0.343. The number of aliphatic hydroxyl groups excluding tert-OH is 1. The van der Waals surface area contributed by atoms with Gasteiger partial charge in [-0.05, 0) is 37.0 Å². The normalized spacial score (nSPS) is 18.4. The number of H-pyrrole nitrogens is 1. The van der Waals surface area contributed by atoms with Crippen molar-refractivity contribution in [2.24, 2.45) is 0 Å². The molecule has 1 aromatic carbocycles. The molecule has 0 radical (unpaired) electrons. The fraction of sp³-hybridized carbons (Fsp3) is 0.312. The molecule has 0 saturated carbocycles. The van der Waals surface area contributed by atoms with Gasteiger partial charge < -0.3 is 9.67 Å². The Kier molecular flexibility index (Phi) is 3.40. The second-order valence-corrected chi connectivity index (χ2v) is 6.55. The number of rotatable bonds is 1. The Morgan fingerprint density at radius 3 is 2.95 bits per heavy atom. The Balaban J connectivity index is 2.05. The first-order valence-electron chi connectivity index (χ1n) is 7.32. The van der Waals surface area contributed by atoms with Crippen molar-refractivity contribution in [1.82, 2.24) is 14.8 Å². The maximum Gasteiger partial charge on any atom is 0.0835 e. The summed E-state index contributed by atoms with van der Waals surface area (Å²) in [5.74, 6) is 0. The number of aliphatic hydroxyl groups is 1. The first-order chi connectivity index (χ1) is 10.6. The van der Waals surface area contributed by atoms with Crippen LogP contribution in [0.4, 0.5) is 0 Å². The van der Waals surface area contributed by atoms with Crippen LogP contribution in [0.3, 0.4) is 0 Å². The summed E-state index contributed by atoms with van der Waals surface area (Å²) < 4.78 is 2.12. The molecule has 0 fully saturated rings. The largest absolute Gasteiger partial charge is 0.391 e. The van der Waals surface area contributed by atoms with Gasteiger partial charge in [0, 0.05) is 29.4 Å². The lowest BCUT2D eigenvalue weighted by Crippen LogP contribution is -2.14. The van der Waals surface area contributed by atoms with Gasteiger partial charge in [0.05, 0.1) is 27.9 Å². The van der Waals surface area contributed by atoms with Gasteiger partial charge in [-0.25, -0.2) is 0 Å². The molecule has 4 rings (SSSR count). The maximum atomic E-state index is 10.1. The van der Waals surface area contributed by atoms with Crippen molar-refractivity contribution in [3.05, 3.63) is 40.3 Å². The first-order valence-corrected chi connectivity index (χ1v) is 8.08. The van der Waals surface area contributed by atoms with Crippen molar-refractivity contribution in [3.63, 3.8) is 0 Å². The molecule has 6 heteroatoms. The van der Waals surface area contributed by atoms with Crippen LogP contribution in [0.15, 0.2) is 24.5 Å². The van der Waals surface area contributed by atoms with E-state index in [1.165, 1.54) is 5.69 Å². The highest BCUT2D eigenvalue weighted by molar-refractivity contribution is 6.45. The van der Waals surface area contributed by atoms with Crippen molar-refractivity contribution in [2.45, 2.75) is 31.9 Å². The number of aromatic nitrogens is 3. The van der Waals surface area contributed by atoms with E-state index >= 15 is 0 Å². The third-order valence-corrected chi connectivity index (χ3v) is 5.11. The Morgan fingerprint density at radius 2 is 2.18 bits per heavy atom. The molecule has 3 aromatic rings. The van der Waals surface area contributed by atoms with Crippen molar-refractivity contribution < 1.29 is 5.11 Å². The molecule has 2 aromatic heterocycles. The van der Waals surface area contributed by atoms with Gasteiger partial charge in [0.25, 0.3) is 0 Å². The third-order valence-electron chi connectivity index (χ3n) is 4.33. The second kappa shape index (κ2) is 5.30. The van der Waals surface area contributed by atoms with Crippen LogP contribution in [-0.4, -0.2) is 26.0 Å². The summed E-state index contributed by atoms with van der Waals surface area (Å²) in [4.78, 5) is 0. The average molecular weight is 336 g/mol. The molecule has 0 aliphatic carbocycles. The number of fused-ring (bicyclic) bond motifs is 3. The molecular formula is C16H15Cl2N3O. The van der Waals surface area contributed by atoms with Crippen LogP contribution in [0.25, 0.3) is 22.0 Å². The minimum absolute atomic E-state index is 0.343. The average Bonchev–Trinajstić information content (AvgIpc) is 3.09. The fourth-order valence-corrected chi connectivity index (χ4v) is 3.76. The van der Waals surface area contributed by atoms with Gasteiger partial charge in [-0.2, -0.15) is 5.10 Å². The Morgan fingerprint density at radius 1 is 1.32 bits per heavy atom. The van der Waals surface area contributed by atoms with Gasteiger partial charge in [-0.15, -0.1) is 0 Å². The molecule has 0 spiro atoms. The highest BCUT2D eigenvalue weighted by Crippen LogP contribution is 2.40. The fourth-order valence-electron chi connectivity index (χ4n) is 3.30. The zero-order valence-corrected chi connectivity index (χ0v) is 13.3. The van der Waals surface area contributed by atoms with Gasteiger partial charge in [0.15, 0.2) is 0 Å². The van der Waals surface area contributed by atoms with E-state index in [1.807, 2.05) is 12.3 Å². The second-order valence-electron chi connectivity index (χ2n) is 5.76. The minimum Gasteiger partial charge on any atom is -0.391 e. The van der Waals surface area contributed by atoms with E-state index in [-0.39, 0.29) is 6.10 Å². The van der Waals surface area contributed by atoms with E-state index in [1.54, 1.807) is 6.20 Å². The summed E-state index contributed by atoms with van der Waals surface area (Å²) in [6, 6.07) is 4.05. The lowest BCUT2D eigenvalue weighted by molar-refractivity contribution is 0.149. The van der Waals surface area contributed by atoms with Crippen LogP contribution in [0.1, 0.15) is 18.5 Å². The number of nitrogens with one attached hydrogen (secondary N) is 1. The molecule has 2 N–H and O–H groups in total. The summed E-state index contributed by atoms with van der Waals surface area (Å²) in [6.07, 6.45) is 6.00. The topological polar surface area (TPSA) is 53.8 Å². The molecule has 0 amide bonds.